The second-order valence-electron chi connectivity index (χ2n) is 6.15. The minimum Gasteiger partial charge on any atom is -0.447 e. The zero-order valence-electron chi connectivity index (χ0n) is 13.3. The number of rotatable bonds is 1. The third kappa shape index (κ3) is 2.16. The zero-order chi connectivity index (χ0) is 16.8. The second kappa shape index (κ2) is 5.36. The molecule has 1 aromatic heterocycles. The van der Waals surface area contributed by atoms with Gasteiger partial charge in [0.05, 0.1) is 17.1 Å². The molecule has 0 spiro atoms. The van der Waals surface area contributed by atoms with E-state index in [9.17, 15) is 14.4 Å². The van der Waals surface area contributed by atoms with Crippen LogP contribution in [0.15, 0.2) is 35.1 Å². The molecule has 2 aromatic rings. The molecule has 0 unspecified atom stereocenters. The van der Waals surface area contributed by atoms with Gasteiger partial charge in [-0.15, -0.1) is 0 Å². The number of nitrogens with zero attached hydrogens (tertiary/aromatic N) is 3. The third-order valence-corrected chi connectivity index (χ3v) is 4.79. The number of piperazine rings is 1. The Morgan fingerprint density at radius 1 is 1.21 bits per heavy atom. The van der Waals surface area contributed by atoms with Crippen molar-refractivity contribution in [2.75, 3.05) is 26.2 Å². The van der Waals surface area contributed by atoms with Gasteiger partial charge in [0, 0.05) is 38.1 Å². The van der Waals surface area contributed by atoms with E-state index < -0.39 is 0 Å². The molecule has 2 amide bonds. The quantitative estimate of drug-likeness (QED) is 0.777. The predicted molar refractivity (Wildman–Crippen MR) is 86.9 cm³/mol. The molecule has 3 heterocycles. The van der Waals surface area contributed by atoms with Gasteiger partial charge in [0.15, 0.2) is 0 Å². The molecule has 2 fully saturated rings. The first kappa shape index (κ1) is 14.7. The molecule has 0 aliphatic carbocycles. The lowest BCUT2D eigenvalue weighted by molar-refractivity contribution is 0.0618. The Morgan fingerprint density at radius 2 is 2.00 bits per heavy atom. The average molecular weight is 327 g/mol. The molecule has 0 N–H and O–H groups in total. The largest absolute Gasteiger partial charge is 0.447 e. The van der Waals surface area contributed by atoms with E-state index in [1.165, 1.54) is 10.6 Å². The number of ether oxygens (including phenoxy) is 1. The summed E-state index contributed by atoms with van der Waals surface area (Å²) in [4.78, 5) is 40.1. The molecule has 0 bridgehead atoms. The molecule has 4 rings (SSSR count). The van der Waals surface area contributed by atoms with Crippen molar-refractivity contribution >= 4 is 22.9 Å². The van der Waals surface area contributed by atoms with Crippen LogP contribution in [0, 0.1) is 0 Å². The summed E-state index contributed by atoms with van der Waals surface area (Å²) in [6.07, 6.45) is -0.314. The maximum Gasteiger partial charge on any atom is 0.410 e. The zero-order valence-corrected chi connectivity index (χ0v) is 13.3. The summed E-state index contributed by atoms with van der Waals surface area (Å²) in [5.41, 5.74) is 0.925. The summed E-state index contributed by atoms with van der Waals surface area (Å²) in [7, 11) is 1.69. The first-order chi connectivity index (χ1) is 11.6. The number of aryl methyl sites for hydroxylation is 1. The van der Waals surface area contributed by atoms with Crippen LogP contribution in [0.2, 0.25) is 0 Å². The first-order valence-corrected chi connectivity index (χ1v) is 7.87. The number of carbonyl (C=O) groups excluding carboxylic acids is 2. The van der Waals surface area contributed by atoms with Crippen molar-refractivity contribution in [2.45, 2.75) is 6.04 Å². The van der Waals surface area contributed by atoms with Gasteiger partial charge in [0.1, 0.15) is 6.61 Å². The molecule has 2 aliphatic heterocycles. The highest BCUT2D eigenvalue weighted by molar-refractivity contribution is 6.06. The van der Waals surface area contributed by atoms with Gasteiger partial charge in [0.25, 0.3) is 11.5 Å². The van der Waals surface area contributed by atoms with Crippen LogP contribution in [0.4, 0.5) is 4.79 Å². The van der Waals surface area contributed by atoms with Gasteiger partial charge < -0.3 is 14.2 Å². The van der Waals surface area contributed by atoms with Gasteiger partial charge in [-0.2, -0.15) is 0 Å². The standard InChI is InChI=1S/C17H17N3O4/c1-18-14-5-3-2-4-12(14)13(8-15(18)21)16(22)19-6-7-20-11(9-19)10-24-17(20)23/h2-5,8,11H,6-7,9-10H2,1H3/t11-/m1/s1. The lowest BCUT2D eigenvalue weighted by atomic mass is 10.1. The number of hydrogen-bond acceptors (Lipinski definition) is 4. The van der Waals surface area contributed by atoms with Crippen LogP contribution < -0.4 is 5.56 Å². The molecule has 0 saturated carbocycles. The Labute approximate surface area is 138 Å². The van der Waals surface area contributed by atoms with Gasteiger partial charge in [-0.05, 0) is 6.07 Å². The Hall–Kier alpha value is -2.83. The highest BCUT2D eigenvalue weighted by atomic mass is 16.6. The first-order valence-electron chi connectivity index (χ1n) is 7.87. The summed E-state index contributed by atoms with van der Waals surface area (Å²) in [6, 6.07) is 8.66. The highest BCUT2D eigenvalue weighted by Crippen LogP contribution is 2.22. The van der Waals surface area contributed by atoms with Crippen LogP contribution in [-0.4, -0.2) is 58.7 Å². The number of fused-ring (bicyclic) bond motifs is 2. The van der Waals surface area contributed by atoms with E-state index in [4.69, 9.17) is 4.74 Å². The van der Waals surface area contributed by atoms with Crippen LogP contribution in [0.5, 0.6) is 0 Å². The normalized spacial score (nSPS) is 20.2. The number of cyclic esters (lactones) is 1. The minimum absolute atomic E-state index is 0.104. The Morgan fingerprint density at radius 3 is 2.83 bits per heavy atom. The lowest BCUT2D eigenvalue weighted by Gasteiger charge is -2.35. The lowest BCUT2D eigenvalue weighted by Crippen LogP contribution is -2.53. The summed E-state index contributed by atoms with van der Waals surface area (Å²) < 4.78 is 6.57. The highest BCUT2D eigenvalue weighted by Gasteiger charge is 2.39. The molecule has 2 saturated heterocycles. The second-order valence-corrected chi connectivity index (χ2v) is 6.15. The van der Waals surface area contributed by atoms with Crippen molar-refractivity contribution in [1.82, 2.24) is 14.4 Å². The fraction of sp³-hybridized carbons (Fsp3) is 0.353. The molecule has 1 atom stereocenters. The molecule has 7 heteroatoms. The number of benzene rings is 1. The fourth-order valence-corrected chi connectivity index (χ4v) is 3.43. The molecule has 7 nitrogen and oxygen atoms in total. The fourth-order valence-electron chi connectivity index (χ4n) is 3.43. The molecule has 2 aliphatic rings. The van der Waals surface area contributed by atoms with Gasteiger partial charge in [-0.1, -0.05) is 18.2 Å². The topological polar surface area (TPSA) is 71.9 Å². The van der Waals surface area contributed by atoms with Crippen molar-refractivity contribution in [1.29, 1.82) is 0 Å². The van der Waals surface area contributed by atoms with Gasteiger partial charge in [-0.25, -0.2) is 4.79 Å². The van der Waals surface area contributed by atoms with Crippen LogP contribution in [0.3, 0.4) is 0 Å². The number of hydrogen-bond donors (Lipinski definition) is 0. The van der Waals surface area contributed by atoms with Crippen molar-refractivity contribution < 1.29 is 14.3 Å². The number of para-hydroxylation sites is 1. The van der Waals surface area contributed by atoms with Crippen LogP contribution in [0.1, 0.15) is 10.4 Å². The Bertz CT molecular complexity index is 904. The van der Waals surface area contributed by atoms with Crippen molar-refractivity contribution in [3.63, 3.8) is 0 Å². The van der Waals surface area contributed by atoms with E-state index in [2.05, 4.69) is 0 Å². The predicted octanol–water partition coefficient (Wildman–Crippen LogP) is 0.815. The Balaban J connectivity index is 1.71. The molecule has 124 valence electrons. The van der Waals surface area contributed by atoms with Crippen molar-refractivity contribution in [3.05, 3.63) is 46.2 Å². The Kier molecular flexibility index (Phi) is 3.30. The van der Waals surface area contributed by atoms with Crippen molar-refractivity contribution in [2.24, 2.45) is 7.05 Å². The van der Waals surface area contributed by atoms with Gasteiger partial charge in [-0.3, -0.25) is 14.5 Å². The number of aromatic nitrogens is 1. The van der Waals surface area contributed by atoms with Crippen LogP contribution in [0.25, 0.3) is 10.9 Å². The van der Waals surface area contributed by atoms with Gasteiger partial charge in [0.2, 0.25) is 0 Å². The van der Waals surface area contributed by atoms with E-state index in [1.807, 2.05) is 24.3 Å². The third-order valence-electron chi connectivity index (χ3n) is 4.79. The smallest absolute Gasteiger partial charge is 0.410 e. The SMILES string of the molecule is Cn1c(=O)cc(C(=O)N2CCN3C(=O)OC[C@H]3C2)c2ccccc21. The van der Waals surface area contributed by atoms with Gasteiger partial charge >= 0.3 is 6.09 Å². The van der Waals surface area contributed by atoms with E-state index >= 15 is 0 Å². The summed E-state index contributed by atoms with van der Waals surface area (Å²) in [6.45, 7) is 1.63. The maximum atomic E-state index is 13.0. The molecule has 0 radical (unpaired) electrons. The monoisotopic (exact) mass is 327 g/mol. The summed E-state index contributed by atoms with van der Waals surface area (Å²) in [5.74, 6) is -0.178. The van der Waals surface area contributed by atoms with E-state index in [0.717, 1.165) is 10.9 Å². The molecule has 1 aromatic carbocycles. The molecule has 24 heavy (non-hydrogen) atoms. The molecular formula is C17H17N3O4. The van der Waals surface area contributed by atoms with Crippen molar-refractivity contribution in [3.8, 4) is 0 Å². The molecular weight excluding hydrogens is 310 g/mol. The summed E-state index contributed by atoms with van der Waals surface area (Å²) >= 11 is 0. The average Bonchev–Trinajstić information content (AvgIpc) is 2.98. The number of pyridine rings is 1. The van der Waals surface area contributed by atoms with Crippen LogP contribution >= 0.6 is 0 Å². The van der Waals surface area contributed by atoms with Crippen LogP contribution in [-0.2, 0) is 11.8 Å². The van der Waals surface area contributed by atoms with E-state index in [-0.39, 0.29) is 23.6 Å². The maximum absolute atomic E-state index is 13.0. The summed E-state index contributed by atoms with van der Waals surface area (Å²) in [5, 5.41) is 0.755. The van der Waals surface area contributed by atoms with E-state index in [1.54, 1.807) is 16.8 Å². The number of carbonyl (C=O) groups is 2. The number of amides is 2. The van der Waals surface area contributed by atoms with E-state index in [0.29, 0.717) is 31.8 Å². The minimum atomic E-state index is -0.314.